The Balaban J connectivity index is 2.31. The van der Waals surface area contributed by atoms with Gasteiger partial charge in [0.15, 0.2) is 0 Å². The van der Waals surface area contributed by atoms with Gasteiger partial charge in [-0.25, -0.2) is 9.37 Å². The molecule has 0 saturated heterocycles. The van der Waals surface area contributed by atoms with E-state index in [-0.39, 0.29) is 5.82 Å². The summed E-state index contributed by atoms with van der Waals surface area (Å²) in [4.78, 5) is 5.85. The zero-order valence-corrected chi connectivity index (χ0v) is 11.5. The van der Waals surface area contributed by atoms with Crippen molar-refractivity contribution < 1.29 is 4.39 Å². The van der Waals surface area contributed by atoms with E-state index in [0.717, 1.165) is 35.8 Å². The smallest absolute Gasteiger partial charge is 0.124 e. The average Bonchev–Trinajstić information content (AvgIpc) is 2.79. The topological polar surface area (TPSA) is 24.9 Å². The number of rotatable bonds is 5. The second-order valence-electron chi connectivity index (χ2n) is 4.03. The third-order valence-corrected chi connectivity index (χ3v) is 3.87. The maximum Gasteiger partial charge on any atom is 0.124 e. The first kappa shape index (κ1) is 13.2. The lowest BCUT2D eigenvalue weighted by atomic mass is 10.2. The van der Waals surface area contributed by atoms with Gasteiger partial charge in [-0.2, -0.15) is 0 Å². The van der Waals surface area contributed by atoms with Crippen molar-refractivity contribution in [3.05, 3.63) is 40.7 Å². The Labute approximate surface area is 111 Å². The number of hydrogen-bond donors (Lipinski definition) is 1. The highest BCUT2D eigenvalue weighted by atomic mass is 32.1. The fraction of sp³-hybridized carbons (Fsp3) is 0.357. The zero-order valence-electron chi connectivity index (χ0n) is 10.7. The molecule has 0 spiro atoms. The van der Waals surface area contributed by atoms with Crippen LogP contribution >= 0.6 is 11.3 Å². The van der Waals surface area contributed by atoms with Crippen molar-refractivity contribution in [2.75, 3.05) is 6.54 Å². The van der Waals surface area contributed by atoms with E-state index in [4.69, 9.17) is 0 Å². The largest absolute Gasteiger partial charge is 0.312 e. The molecule has 2 rings (SSSR count). The summed E-state index contributed by atoms with van der Waals surface area (Å²) in [6, 6.07) is 6.62. The fourth-order valence-electron chi connectivity index (χ4n) is 1.78. The number of halogens is 1. The molecule has 0 atom stereocenters. The molecule has 1 heterocycles. The Bertz CT molecular complexity index is 522. The van der Waals surface area contributed by atoms with Crippen LogP contribution < -0.4 is 5.32 Å². The average molecular weight is 264 g/mol. The molecule has 0 bridgehead atoms. The number of aromatic nitrogens is 1. The van der Waals surface area contributed by atoms with Gasteiger partial charge in [-0.15, -0.1) is 11.3 Å². The molecule has 1 N–H and O–H groups in total. The summed E-state index contributed by atoms with van der Waals surface area (Å²) in [5.74, 6) is -0.214. The number of aryl methyl sites for hydroxylation is 1. The summed E-state index contributed by atoms with van der Waals surface area (Å²) in [5.41, 5.74) is 1.97. The third kappa shape index (κ3) is 2.94. The lowest BCUT2D eigenvalue weighted by Crippen LogP contribution is -2.11. The van der Waals surface area contributed by atoms with Gasteiger partial charge < -0.3 is 5.32 Å². The van der Waals surface area contributed by atoms with E-state index in [1.54, 1.807) is 17.4 Å². The number of benzene rings is 1. The summed E-state index contributed by atoms with van der Waals surface area (Å²) in [7, 11) is 0. The van der Waals surface area contributed by atoms with Gasteiger partial charge in [0.1, 0.15) is 10.8 Å². The number of hydrogen-bond acceptors (Lipinski definition) is 3. The minimum absolute atomic E-state index is 0.214. The number of nitrogens with zero attached hydrogens (tertiary/aromatic N) is 1. The van der Waals surface area contributed by atoms with Crippen LogP contribution in [0.2, 0.25) is 0 Å². The highest BCUT2D eigenvalue weighted by Gasteiger charge is 2.11. The van der Waals surface area contributed by atoms with Crippen molar-refractivity contribution in [1.82, 2.24) is 10.3 Å². The summed E-state index contributed by atoms with van der Waals surface area (Å²) in [6.45, 7) is 5.96. The number of thiazole rings is 1. The molecule has 1 aromatic heterocycles. The van der Waals surface area contributed by atoms with Gasteiger partial charge in [0, 0.05) is 17.0 Å². The van der Waals surface area contributed by atoms with Gasteiger partial charge in [0.2, 0.25) is 0 Å². The predicted molar refractivity (Wildman–Crippen MR) is 74.3 cm³/mol. The molecule has 0 unspecified atom stereocenters. The molecular formula is C14H17FN2S. The Morgan fingerprint density at radius 1 is 1.33 bits per heavy atom. The molecule has 96 valence electrons. The van der Waals surface area contributed by atoms with E-state index >= 15 is 0 Å². The first-order chi connectivity index (χ1) is 8.74. The van der Waals surface area contributed by atoms with E-state index in [1.165, 1.54) is 17.0 Å². The lowest BCUT2D eigenvalue weighted by molar-refractivity contribution is 0.628. The number of nitrogens with one attached hydrogen (secondary N) is 1. The van der Waals surface area contributed by atoms with E-state index in [9.17, 15) is 4.39 Å². The molecule has 0 aliphatic carbocycles. The van der Waals surface area contributed by atoms with E-state index in [0.29, 0.717) is 0 Å². The highest BCUT2D eigenvalue weighted by molar-refractivity contribution is 7.15. The molecule has 2 nitrogen and oxygen atoms in total. The van der Waals surface area contributed by atoms with Gasteiger partial charge in [0.25, 0.3) is 0 Å². The van der Waals surface area contributed by atoms with E-state index in [2.05, 4.69) is 24.1 Å². The normalized spacial score (nSPS) is 10.8. The first-order valence-electron chi connectivity index (χ1n) is 6.19. The van der Waals surface area contributed by atoms with Gasteiger partial charge >= 0.3 is 0 Å². The van der Waals surface area contributed by atoms with Crippen LogP contribution in [0.25, 0.3) is 10.6 Å². The molecule has 1 aromatic carbocycles. The molecule has 0 radical (unpaired) electrons. The van der Waals surface area contributed by atoms with Crippen LogP contribution in [-0.2, 0) is 13.0 Å². The van der Waals surface area contributed by atoms with Crippen LogP contribution in [0.3, 0.4) is 0 Å². The maximum atomic E-state index is 13.2. The van der Waals surface area contributed by atoms with Crippen LogP contribution in [0.4, 0.5) is 4.39 Å². The summed E-state index contributed by atoms with van der Waals surface area (Å²) >= 11 is 1.65. The Hall–Kier alpha value is -1.26. The standard InChI is InChI=1S/C14H17FN2S/c1-3-12-13(9-16-4-2)18-14(17-12)10-6-5-7-11(15)8-10/h5-8,16H,3-4,9H2,1-2H3. The summed E-state index contributed by atoms with van der Waals surface area (Å²) in [5, 5.41) is 4.21. The SMILES string of the molecule is CCNCc1sc(-c2cccc(F)c2)nc1CC. The highest BCUT2D eigenvalue weighted by Crippen LogP contribution is 2.28. The molecule has 2 aromatic rings. The minimum atomic E-state index is -0.214. The van der Waals surface area contributed by atoms with Crippen molar-refractivity contribution in [3.63, 3.8) is 0 Å². The van der Waals surface area contributed by atoms with Crippen LogP contribution in [0.1, 0.15) is 24.4 Å². The third-order valence-electron chi connectivity index (χ3n) is 2.72. The summed E-state index contributed by atoms with van der Waals surface area (Å²) in [6.07, 6.45) is 0.909. The molecular weight excluding hydrogens is 247 g/mol. The van der Waals surface area contributed by atoms with Crippen LogP contribution in [0.5, 0.6) is 0 Å². The van der Waals surface area contributed by atoms with Gasteiger partial charge in [-0.05, 0) is 25.1 Å². The predicted octanol–water partition coefficient (Wildman–Crippen LogP) is 3.62. The summed E-state index contributed by atoms with van der Waals surface area (Å²) < 4.78 is 13.2. The molecule has 0 aliphatic rings. The van der Waals surface area contributed by atoms with Crippen molar-refractivity contribution in [3.8, 4) is 10.6 Å². The molecule has 0 fully saturated rings. The Morgan fingerprint density at radius 2 is 2.17 bits per heavy atom. The van der Waals surface area contributed by atoms with Crippen LogP contribution in [0, 0.1) is 5.82 Å². The molecule has 0 saturated carbocycles. The molecule has 0 aliphatic heterocycles. The maximum absolute atomic E-state index is 13.2. The van der Waals surface area contributed by atoms with Crippen molar-refractivity contribution >= 4 is 11.3 Å². The van der Waals surface area contributed by atoms with Crippen molar-refractivity contribution in [1.29, 1.82) is 0 Å². The van der Waals surface area contributed by atoms with E-state index in [1.807, 2.05) is 6.07 Å². The fourth-order valence-corrected chi connectivity index (χ4v) is 2.90. The second-order valence-corrected chi connectivity index (χ2v) is 5.12. The zero-order chi connectivity index (χ0) is 13.0. The first-order valence-corrected chi connectivity index (χ1v) is 7.01. The van der Waals surface area contributed by atoms with Gasteiger partial charge in [-0.3, -0.25) is 0 Å². The van der Waals surface area contributed by atoms with Crippen LogP contribution in [0.15, 0.2) is 24.3 Å². The van der Waals surface area contributed by atoms with E-state index < -0.39 is 0 Å². The van der Waals surface area contributed by atoms with Gasteiger partial charge in [-0.1, -0.05) is 26.0 Å². The molecule has 0 amide bonds. The van der Waals surface area contributed by atoms with Gasteiger partial charge in [0.05, 0.1) is 5.69 Å². The monoisotopic (exact) mass is 264 g/mol. The Kier molecular flexibility index (Phi) is 4.44. The van der Waals surface area contributed by atoms with Crippen molar-refractivity contribution in [2.24, 2.45) is 0 Å². The van der Waals surface area contributed by atoms with Crippen LogP contribution in [-0.4, -0.2) is 11.5 Å². The Morgan fingerprint density at radius 3 is 2.83 bits per heavy atom. The molecule has 4 heteroatoms. The quantitative estimate of drug-likeness (QED) is 0.892. The second kappa shape index (κ2) is 6.07. The molecule has 18 heavy (non-hydrogen) atoms. The minimum Gasteiger partial charge on any atom is -0.312 e. The lowest BCUT2D eigenvalue weighted by Gasteiger charge is -1.99. The van der Waals surface area contributed by atoms with Crippen molar-refractivity contribution in [2.45, 2.75) is 26.8 Å².